The molecular weight excluding hydrogens is 318 g/mol. The van der Waals surface area contributed by atoms with Crippen molar-refractivity contribution in [2.75, 3.05) is 0 Å². The van der Waals surface area contributed by atoms with Crippen LogP contribution in [0.2, 0.25) is 0 Å². The lowest BCUT2D eigenvalue weighted by Crippen LogP contribution is -2.26. The fourth-order valence-corrected chi connectivity index (χ4v) is 3.24. The second kappa shape index (κ2) is 6.45. The number of ether oxygens (including phenoxy) is 1. The van der Waals surface area contributed by atoms with Crippen LogP contribution in [0.5, 0.6) is 5.75 Å². The summed E-state index contributed by atoms with van der Waals surface area (Å²) in [6.07, 6.45) is 0.951. The number of fused-ring (bicyclic) bond motifs is 2. The predicted octanol–water partition coefficient (Wildman–Crippen LogP) is 6.62. The second-order valence-corrected chi connectivity index (χ2v) is 7.26. The van der Waals surface area contributed by atoms with E-state index in [1.54, 1.807) is 0 Å². The molecule has 0 aliphatic carbocycles. The van der Waals surface area contributed by atoms with Crippen molar-refractivity contribution >= 4 is 21.8 Å². The van der Waals surface area contributed by atoms with E-state index in [4.69, 9.17) is 9.72 Å². The molecule has 2 nitrogen and oxygen atoms in total. The number of hydrogen-bond donors (Lipinski definition) is 0. The van der Waals surface area contributed by atoms with Gasteiger partial charge in [-0.3, -0.25) is 0 Å². The highest BCUT2D eigenvalue weighted by atomic mass is 16.5. The van der Waals surface area contributed by atoms with Crippen molar-refractivity contribution in [1.29, 1.82) is 0 Å². The molecule has 1 aromatic heterocycles. The van der Waals surface area contributed by atoms with Crippen LogP contribution in [0.15, 0.2) is 72.8 Å². The molecule has 0 saturated heterocycles. The minimum absolute atomic E-state index is 0.190. The topological polar surface area (TPSA) is 22.1 Å². The Morgan fingerprint density at radius 3 is 2.27 bits per heavy atom. The van der Waals surface area contributed by atoms with Crippen molar-refractivity contribution in [3.8, 4) is 16.9 Å². The van der Waals surface area contributed by atoms with E-state index in [1.807, 2.05) is 18.2 Å². The molecule has 0 amide bonds. The van der Waals surface area contributed by atoms with Gasteiger partial charge in [0, 0.05) is 16.3 Å². The molecule has 4 aromatic rings. The number of hydrogen-bond acceptors (Lipinski definition) is 2. The van der Waals surface area contributed by atoms with Gasteiger partial charge in [0.25, 0.3) is 0 Å². The Morgan fingerprint density at radius 1 is 0.808 bits per heavy atom. The van der Waals surface area contributed by atoms with Gasteiger partial charge in [-0.1, -0.05) is 55.5 Å². The van der Waals surface area contributed by atoms with Gasteiger partial charge in [0.15, 0.2) is 0 Å². The highest BCUT2D eigenvalue weighted by Gasteiger charge is 2.18. The summed E-state index contributed by atoms with van der Waals surface area (Å²) in [5.74, 6) is 0.888. The zero-order chi connectivity index (χ0) is 18.1. The van der Waals surface area contributed by atoms with Crippen molar-refractivity contribution in [2.45, 2.75) is 32.8 Å². The van der Waals surface area contributed by atoms with E-state index >= 15 is 0 Å². The molecule has 0 spiro atoms. The number of rotatable bonds is 4. The largest absolute Gasteiger partial charge is 0.488 e. The van der Waals surface area contributed by atoms with Crippen molar-refractivity contribution in [2.24, 2.45) is 0 Å². The normalized spacial score (nSPS) is 11.8. The predicted molar refractivity (Wildman–Crippen MR) is 110 cm³/mol. The van der Waals surface area contributed by atoms with Gasteiger partial charge in [-0.2, -0.15) is 0 Å². The lowest BCUT2D eigenvalue weighted by molar-refractivity contribution is 0.105. The van der Waals surface area contributed by atoms with Crippen LogP contribution in [0.3, 0.4) is 0 Å². The third-order valence-electron chi connectivity index (χ3n) is 4.96. The Hall–Kier alpha value is -2.87. The summed E-state index contributed by atoms with van der Waals surface area (Å²) in [6.45, 7) is 6.38. The smallest absolute Gasteiger partial charge is 0.120 e. The minimum atomic E-state index is -0.190. The summed E-state index contributed by atoms with van der Waals surface area (Å²) in [5, 5.41) is 2.29. The SMILES string of the molecule is CCC(C)(C)Oc1ccc2nc3ccccc3c(-c3ccccc3)c2c1. The van der Waals surface area contributed by atoms with Crippen LogP contribution in [-0.2, 0) is 0 Å². The van der Waals surface area contributed by atoms with E-state index in [1.165, 1.54) is 11.1 Å². The molecule has 0 unspecified atom stereocenters. The van der Waals surface area contributed by atoms with Gasteiger partial charge in [0.1, 0.15) is 11.4 Å². The zero-order valence-electron chi connectivity index (χ0n) is 15.5. The van der Waals surface area contributed by atoms with E-state index in [9.17, 15) is 0 Å². The minimum Gasteiger partial charge on any atom is -0.488 e. The first kappa shape index (κ1) is 16.6. The molecule has 0 fully saturated rings. The first-order valence-corrected chi connectivity index (χ1v) is 9.14. The van der Waals surface area contributed by atoms with Gasteiger partial charge >= 0.3 is 0 Å². The molecular formula is C24H23NO. The third-order valence-corrected chi connectivity index (χ3v) is 4.96. The molecule has 2 heteroatoms. The van der Waals surface area contributed by atoms with E-state index in [0.29, 0.717) is 0 Å². The Labute approximate surface area is 154 Å². The Morgan fingerprint density at radius 2 is 1.50 bits per heavy atom. The Bertz CT molecular complexity index is 1070. The summed E-state index contributed by atoms with van der Waals surface area (Å²) in [7, 11) is 0. The van der Waals surface area contributed by atoms with E-state index in [2.05, 4.69) is 75.4 Å². The third kappa shape index (κ3) is 3.03. The molecule has 0 aliphatic rings. The molecule has 0 saturated carbocycles. The van der Waals surface area contributed by atoms with Gasteiger partial charge < -0.3 is 4.74 Å². The average molecular weight is 341 g/mol. The van der Waals surface area contributed by atoms with Crippen molar-refractivity contribution in [3.63, 3.8) is 0 Å². The number of pyridine rings is 1. The van der Waals surface area contributed by atoms with E-state index in [-0.39, 0.29) is 5.60 Å². The van der Waals surface area contributed by atoms with Crippen LogP contribution < -0.4 is 4.74 Å². The first-order chi connectivity index (χ1) is 12.6. The molecule has 130 valence electrons. The van der Waals surface area contributed by atoms with Crippen LogP contribution >= 0.6 is 0 Å². The second-order valence-electron chi connectivity index (χ2n) is 7.26. The molecule has 3 aromatic carbocycles. The standard InChI is InChI=1S/C24H23NO/c1-4-24(2,3)26-18-14-15-22-20(16-18)23(17-10-6-5-7-11-17)19-12-8-9-13-21(19)25-22/h5-16H,4H2,1-3H3. The molecule has 0 radical (unpaired) electrons. The maximum atomic E-state index is 6.23. The summed E-state index contributed by atoms with van der Waals surface area (Å²) >= 11 is 0. The van der Waals surface area contributed by atoms with E-state index < -0.39 is 0 Å². The first-order valence-electron chi connectivity index (χ1n) is 9.14. The van der Waals surface area contributed by atoms with Crippen LogP contribution in [0.1, 0.15) is 27.2 Å². The number of para-hydroxylation sites is 1. The summed E-state index contributed by atoms with van der Waals surface area (Å²) < 4.78 is 6.23. The molecule has 0 N–H and O–H groups in total. The lowest BCUT2D eigenvalue weighted by Gasteiger charge is -2.25. The number of aromatic nitrogens is 1. The zero-order valence-corrected chi connectivity index (χ0v) is 15.5. The quantitative estimate of drug-likeness (QED) is 0.389. The van der Waals surface area contributed by atoms with Crippen molar-refractivity contribution < 1.29 is 4.74 Å². The fourth-order valence-electron chi connectivity index (χ4n) is 3.24. The molecule has 26 heavy (non-hydrogen) atoms. The highest BCUT2D eigenvalue weighted by Crippen LogP contribution is 2.36. The average Bonchev–Trinajstić information content (AvgIpc) is 2.66. The molecule has 4 rings (SSSR count). The molecule has 0 bridgehead atoms. The number of nitrogens with zero attached hydrogens (tertiary/aromatic N) is 1. The van der Waals surface area contributed by atoms with E-state index in [0.717, 1.165) is 34.0 Å². The fraction of sp³-hybridized carbons (Fsp3) is 0.208. The van der Waals surface area contributed by atoms with Crippen LogP contribution in [-0.4, -0.2) is 10.6 Å². The lowest BCUT2D eigenvalue weighted by atomic mass is 9.96. The maximum Gasteiger partial charge on any atom is 0.120 e. The highest BCUT2D eigenvalue weighted by molar-refractivity contribution is 6.09. The summed E-state index contributed by atoms with van der Waals surface area (Å²) in [6, 6.07) is 25.1. The molecule has 0 aliphatic heterocycles. The van der Waals surface area contributed by atoms with Crippen LogP contribution in [0.4, 0.5) is 0 Å². The molecule has 0 atom stereocenters. The summed E-state index contributed by atoms with van der Waals surface area (Å²) in [5.41, 5.74) is 4.23. The van der Waals surface area contributed by atoms with Gasteiger partial charge in [0.05, 0.1) is 11.0 Å². The summed E-state index contributed by atoms with van der Waals surface area (Å²) in [4.78, 5) is 4.87. The molecule has 1 heterocycles. The van der Waals surface area contributed by atoms with Gasteiger partial charge in [-0.25, -0.2) is 4.98 Å². The van der Waals surface area contributed by atoms with Crippen LogP contribution in [0.25, 0.3) is 32.9 Å². The maximum absolute atomic E-state index is 6.23. The monoisotopic (exact) mass is 341 g/mol. The van der Waals surface area contributed by atoms with Gasteiger partial charge in [-0.05, 0) is 50.1 Å². The Balaban J connectivity index is 2.01. The van der Waals surface area contributed by atoms with Crippen LogP contribution in [0, 0.1) is 0 Å². The Kier molecular flexibility index (Phi) is 4.12. The van der Waals surface area contributed by atoms with Crippen molar-refractivity contribution in [1.82, 2.24) is 4.98 Å². The van der Waals surface area contributed by atoms with Gasteiger partial charge in [0.2, 0.25) is 0 Å². The van der Waals surface area contributed by atoms with Gasteiger partial charge in [-0.15, -0.1) is 0 Å². The van der Waals surface area contributed by atoms with Crippen molar-refractivity contribution in [3.05, 3.63) is 72.8 Å². The number of benzene rings is 3.